The van der Waals surface area contributed by atoms with Crippen LogP contribution in [0.2, 0.25) is 5.02 Å². The summed E-state index contributed by atoms with van der Waals surface area (Å²) in [6, 6.07) is 11.4. The average molecular weight is 516 g/mol. The normalized spacial score (nSPS) is 16.0. The summed E-state index contributed by atoms with van der Waals surface area (Å²) >= 11 is 6.04. The van der Waals surface area contributed by atoms with Crippen LogP contribution in [0.1, 0.15) is 62.9 Å². The molecule has 1 aliphatic rings. The zero-order valence-corrected chi connectivity index (χ0v) is 22.7. The maximum Gasteiger partial charge on any atom is 0.254 e. The first-order chi connectivity index (χ1) is 17.1. The van der Waals surface area contributed by atoms with Gasteiger partial charge in [-0.1, -0.05) is 39.3 Å². The summed E-state index contributed by atoms with van der Waals surface area (Å²) in [7, 11) is 0. The lowest BCUT2D eigenvalue weighted by Gasteiger charge is -2.32. The number of anilines is 1. The van der Waals surface area contributed by atoms with Gasteiger partial charge in [0.05, 0.1) is 0 Å². The molecular formula is C29H39ClFN3O2. The average Bonchev–Trinajstić information content (AvgIpc) is 2.80. The lowest BCUT2D eigenvalue weighted by molar-refractivity contribution is -0.119. The Bertz CT molecular complexity index is 1030. The minimum Gasteiger partial charge on any atom is -0.334 e. The van der Waals surface area contributed by atoms with Gasteiger partial charge in [-0.15, -0.1) is 0 Å². The van der Waals surface area contributed by atoms with Crippen LogP contribution in [0.25, 0.3) is 0 Å². The molecule has 1 aliphatic heterocycles. The Balaban J connectivity index is 2.00. The summed E-state index contributed by atoms with van der Waals surface area (Å²) in [5, 5.41) is 0.566. The smallest absolute Gasteiger partial charge is 0.254 e. The molecule has 0 unspecified atom stereocenters. The van der Waals surface area contributed by atoms with E-state index in [1.54, 1.807) is 40.1 Å². The Morgan fingerprint density at radius 3 is 2.22 bits per heavy atom. The van der Waals surface area contributed by atoms with Gasteiger partial charge in [0.25, 0.3) is 5.91 Å². The van der Waals surface area contributed by atoms with Crippen molar-refractivity contribution >= 4 is 29.1 Å². The molecule has 1 heterocycles. The largest absolute Gasteiger partial charge is 0.334 e. The summed E-state index contributed by atoms with van der Waals surface area (Å²) in [6.45, 7) is 12.5. The molecule has 0 N–H and O–H groups in total. The van der Waals surface area contributed by atoms with Crippen molar-refractivity contribution in [3.05, 3.63) is 64.4 Å². The van der Waals surface area contributed by atoms with Crippen molar-refractivity contribution < 1.29 is 14.0 Å². The van der Waals surface area contributed by atoms with Gasteiger partial charge in [-0.2, -0.15) is 0 Å². The highest BCUT2D eigenvalue weighted by molar-refractivity contribution is 6.30. The van der Waals surface area contributed by atoms with Crippen LogP contribution in [0.3, 0.4) is 0 Å². The van der Waals surface area contributed by atoms with Crippen molar-refractivity contribution in [2.75, 3.05) is 37.6 Å². The van der Waals surface area contributed by atoms with E-state index in [0.717, 1.165) is 32.5 Å². The van der Waals surface area contributed by atoms with E-state index in [1.807, 2.05) is 13.8 Å². The van der Waals surface area contributed by atoms with Gasteiger partial charge in [-0.05, 0) is 85.8 Å². The molecule has 5 nitrogen and oxygen atoms in total. The van der Waals surface area contributed by atoms with Crippen molar-refractivity contribution in [1.29, 1.82) is 0 Å². The molecule has 0 saturated heterocycles. The molecule has 36 heavy (non-hydrogen) atoms. The van der Waals surface area contributed by atoms with Crippen LogP contribution in [0, 0.1) is 17.7 Å². The number of hydrogen-bond acceptors (Lipinski definition) is 3. The summed E-state index contributed by atoms with van der Waals surface area (Å²) in [5.41, 5.74) is 1.87. The van der Waals surface area contributed by atoms with E-state index in [1.165, 1.54) is 12.1 Å². The first kappa shape index (κ1) is 28.1. The molecule has 196 valence electrons. The van der Waals surface area contributed by atoms with Crippen molar-refractivity contribution in [2.45, 2.75) is 53.5 Å². The number of nitrogens with zero attached hydrogens (tertiary/aromatic N) is 3. The van der Waals surface area contributed by atoms with E-state index in [2.05, 4.69) is 18.7 Å². The molecule has 7 heteroatoms. The quantitative estimate of drug-likeness (QED) is 0.472. The Morgan fingerprint density at radius 1 is 0.917 bits per heavy atom. The highest BCUT2D eigenvalue weighted by Gasteiger charge is 2.24. The molecule has 0 atom stereocenters. The van der Waals surface area contributed by atoms with Crippen LogP contribution in [-0.4, -0.2) is 54.3 Å². The van der Waals surface area contributed by atoms with Crippen LogP contribution in [0.15, 0.2) is 42.5 Å². The fraction of sp³-hybridized carbons (Fsp3) is 0.517. The second-order valence-electron chi connectivity index (χ2n) is 10.6. The van der Waals surface area contributed by atoms with E-state index < -0.39 is 0 Å². The van der Waals surface area contributed by atoms with E-state index in [0.29, 0.717) is 47.3 Å². The third-order valence-corrected chi connectivity index (χ3v) is 6.59. The van der Waals surface area contributed by atoms with E-state index >= 15 is 0 Å². The molecule has 3 rings (SSSR count). The Labute approximate surface area is 220 Å². The highest BCUT2D eigenvalue weighted by atomic mass is 35.5. The van der Waals surface area contributed by atoms with Crippen LogP contribution < -0.4 is 4.90 Å². The molecule has 0 radical (unpaired) electrons. The molecular weight excluding hydrogens is 477 g/mol. The lowest BCUT2D eigenvalue weighted by atomic mass is 10.1. The Kier molecular flexibility index (Phi) is 10.3. The number of carbonyl (C=O) groups is 2. The minimum absolute atomic E-state index is 0.0286. The first-order valence-electron chi connectivity index (χ1n) is 13.0. The van der Waals surface area contributed by atoms with Crippen molar-refractivity contribution in [1.82, 2.24) is 9.80 Å². The number of hydrogen-bond donors (Lipinski definition) is 0. The van der Waals surface area contributed by atoms with E-state index in [-0.39, 0.29) is 30.1 Å². The molecule has 0 aromatic heterocycles. The molecule has 0 aliphatic carbocycles. The van der Waals surface area contributed by atoms with Gasteiger partial charge in [0.1, 0.15) is 5.82 Å². The minimum atomic E-state index is -0.376. The Hall–Kier alpha value is -2.44. The van der Waals surface area contributed by atoms with Crippen molar-refractivity contribution in [2.24, 2.45) is 11.8 Å². The zero-order chi connectivity index (χ0) is 26.2. The molecule has 0 bridgehead atoms. The van der Waals surface area contributed by atoms with Crippen molar-refractivity contribution in [3.8, 4) is 0 Å². The van der Waals surface area contributed by atoms with Crippen LogP contribution in [0.5, 0.6) is 0 Å². The standard InChI is InChI=1S/C29H39ClFN3O2/c1-21(2)17-28(35)34-16-6-14-32(19-22(3)4)13-5-15-33(20-24-18-26(31)11-12-27(24)34)29(36)23-7-9-25(30)10-8-23/h7-12,18,21-22H,5-6,13-17,19-20H2,1-4H3. The molecule has 0 spiro atoms. The van der Waals surface area contributed by atoms with Gasteiger partial charge in [0.2, 0.25) is 5.91 Å². The van der Waals surface area contributed by atoms with Gasteiger partial charge < -0.3 is 14.7 Å². The monoisotopic (exact) mass is 515 g/mol. The molecule has 0 fully saturated rings. The molecule has 2 aromatic rings. The predicted molar refractivity (Wildman–Crippen MR) is 145 cm³/mol. The SMILES string of the molecule is CC(C)CC(=O)N1CCCN(CC(C)C)CCCN(C(=O)c2ccc(Cl)cc2)Cc2cc(F)ccc21. The maximum atomic E-state index is 14.4. The van der Waals surface area contributed by atoms with Crippen LogP contribution in [-0.2, 0) is 11.3 Å². The topological polar surface area (TPSA) is 43.9 Å². The predicted octanol–water partition coefficient (Wildman–Crippen LogP) is 6.25. The number of fused-ring (bicyclic) bond motifs is 1. The molecule has 2 aromatic carbocycles. The third-order valence-electron chi connectivity index (χ3n) is 6.34. The van der Waals surface area contributed by atoms with Gasteiger partial charge in [0, 0.05) is 48.9 Å². The second-order valence-corrected chi connectivity index (χ2v) is 11.0. The number of rotatable bonds is 5. The van der Waals surface area contributed by atoms with E-state index in [4.69, 9.17) is 11.6 Å². The molecule has 2 amide bonds. The fourth-order valence-electron chi connectivity index (χ4n) is 4.76. The number of amides is 2. The lowest BCUT2D eigenvalue weighted by Crippen LogP contribution is -2.40. The van der Waals surface area contributed by atoms with Crippen molar-refractivity contribution in [3.63, 3.8) is 0 Å². The summed E-state index contributed by atoms with van der Waals surface area (Å²) in [4.78, 5) is 32.9. The third kappa shape index (κ3) is 8.04. The summed E-state index contributed by atoms with van der Waals surface area (Å²) in [5.74, 6) is 0.254. The summed E-state index contributed by atoms with van der Waals surface area (Å²) < 4.78 is 14.4. The first-order valence-corrected chi connectivity index (χ1v) is 13.4. The summed E-state index contributed by atoms with van der Waals surface area (Å²) in [6.07, 6.45) is 2.06. The highest BCUT2D eigenvalue weighted by Crippen LogP contribution is 2.27. The van der Waals surface area contributed by atoms with E-state index in [9.17, 15) is 14.0 Å². The van der Waals surface area contributed by atoms with Crippen LogP contribution in [0.4, 0.5) is 10.1 Å². The van der Waals surface area contributed by atoms with Gasteiger partial charge >= 0.3 is 0 Å². The van der Waals surface area contributed by atoms with Gasteiger partial charge in [-0.25, -0.2) is 4.39 Å². The number of benzene rings is 2. The second kappa shape index (κ2) is 13.2. The zero-order valence-electron chi connectivity index (χ0n) is 22.0. The number of halogens is 2. The maximum absolute atomic E-state index is 14.4. The van der Waals surface area contributed by atoms with Crippen LogP contribution >= 0.6 is 11.6 Å². The number of carbonyl (C=O) groups excluding carboxylic acids is 2. The van der Waals surface area contributed by atoms with Gasteiger partial charge in [-0.3, -0.25) is 9.59 Å². The van der Waals surface area contributed by atoms with Gasteiger partial charge in [0.15, 0.2) is 0 Å². The fourth-order valence-corrected chi connectivity index (χ4v) is 4.89. The Morgan fingerprint density at radius 2 is 1.58 bits per heavy atom. The molecule has 0 saturated carbocycles.